The van der Waals surface area contributed by atoms with Crippen molar-refractivity contribution in [1.82, 2.24) is 15.6 Å². The van der Waals surface area contributed by atoms with Gasteiger partial charge in [-0.1, -0.05) is 18.2 Å². The van der Waals surface area contributed by atoms with Crippen LogP contribution in [0.4, 0.5) is 0 Å². The first-order valence-corrected chi connectivity index (χ1v) is 5.96. The Morgan fingerprint density at radius 3 is 2.89 bits per heavy atom. The molecule has 0 saturated heterocycles. The summed E-state index contributed by atoms with van der Waals surface area (Å²) in [5, 5.41) is 5.71. The van der Waals surface area contributed by atoms with Crippen LogP contribution in [0.5, 0.6) is 0 Å². The van der Waals surface area contributed by atoms with Crippen molar-refractivity contribution < 1.29 is 4.79 Å². The van der Waals surface area contributed by atoms with E-state index in [1.165, 1.54) is 0 Å². The highest BCUT2D eigenvalue weighted by atomic mass is 16.2. The molecular weight excluding hydrogens is 226 g/mol. The van der Waals surface area contributed by atoms with E-state index in [-0.39, 0.29) is 5.91 Å². The van der Waals surface area contributed by atoms with E-state index < -0.39 is 0 Å². The molecule has 4 heteroatoms. The predicted octanol–water partition coefficient (Wildman–Crippen LogP) is 1.42. The second kappa shape index (κ2) is 8.06. The molecule has 0 spiro atoms. The largest absolute Gasteiger partial charge is 0.384 e. The molecule has 0 unspecified atom stereocenters. The number of carbonyl (C=O) groups excluding carboxylic acids is 1. The van der Waals surface area contributed by atoms with E-state index in [4.69, 9.17) is 0 Å². The van der Waals surface area contributed by atoms with E-state index in [2.05, 4.69) is 15.6 Å². The van der Waals surface area contributed by atoms with E-state index in [9.17, 15) is 4.79 Å². The van der Waals surface area contributed by atoms with Crippen LogP contribution in [0.3, 0.4) is 0 Å². The van der Waals surface area contributed by atoms with Gasteiger partial charge in [-0.3, -0.25) is 9.78 Å². The molecule has 1 aromatic rings. The average Bonchev–Trinajstić information content (AvgIpc) is 2.41. The van der Waals surface area contributed by atoms with Crippen molar-refractivity contribution in [3.63, 3.8) is 0 Å². The number of hydrogen-bond acceptors (Lipinski definition) is 3. The van der Waals surface area contributed by atoms with Crippen LogP contribution in [0.2, 0.25) is 0 Å². The molecule has 2 N–H and O–H groups in total. The highest BCUT2D eigenvalue weighted by molar-refractivity contribution is 5.93. The van der Waals surface area contributed by atoms with Crippen molar-refractivity contribution in [2.24, 2.45) is 0 Å². The maximum absolute atomic E-state index is 11.8. The summed E-state index contributed by atoms with van der Waals surface area (Å²) in [6, 6.07) is 5.76. The molecule has 1 heterocycles. The second-order valence-electron chi connectivity index (χ2n) is 3.68. The smallest absolute Gasteiger partial charge is 0.267 e. The molecule has 4 nitrogen and oxygen atoms in total. The number of carbonyl (C=O) groups is 1. The predicted molar refractivity (Wildman–Crippen MR) is 72.9 cm³/mol. The van der Waals surface area contributed by atoms with Crippen molar-refractivity contribution in [2.75, 3.05) is 13.6 Å². The van der Waals surface area contributed by atoms with Gasteiger partial charge < -0.3 is 10.6 Å². The van der Waals surface area contributed by atoms with Crippen LogP contribution in [-0.4, -0.2) is 24.5 Å². The van der Waals surface area contributed by atoms with Gasteiger partial charge in [0.2, 0.25) is 0 Å². The lowest BCUT2D eigenvalue weighted by Gasteiger charge is -2.07. The molecular formula is C14H19N3O. The number of aromatic nitrogens is 1. The number of allylic oxidation sites excluding steroid dienone is 3. The third kappa shape index (κ3) is 4.82. The molecule has 0 fully saturated rings. The third-order valence-electron chi connectivity index (χ3n) is 2.36. The molecule has 0 aliphatic carbocycles. The molecule has 1 rings (SSSR count). The van der Waals surface area contributed by atoms with Crippen LogP contribution >= 0.6 is 0 Å². The molecule has 1 amide bonds. The molecule has 0 radical (unpaired) electrons. The van der Waals surface area contributed by atoms with E-state index in [1.807, 2.05) is 37.3 Å². The Morgan fingerprint density at radius 2 is 2.28 bits per heavy atom. The summed E-state index contributed by atoms with van der Waals surface area (Å²) in [6.45, 7) is 2.48. The first-order valence-electron chi connectivity index (χ1n) is 5.96. The number of rotatable bonds is 6. The molecule has 0 atom stereocenters. The molecule has 0 aromatic carbocycles. The maximum Gasteiger partial charge on any atom is 0.267 e. The lowest BCUT2D eigenvalue weighted by atomic mass is 10.2. The van der Waals surface area contributed by atoms with Gasteiger partial charge in [-0.25, -0.2) is 0 Å². The summed E-state index contributed by atoms with van der Waals surface area (Å²) in [4.78, 5) is 16.0. The van der Waals surface area contributed by atoms with Crippen molar-refractivity contribution >= 4 is 5.91 Å². The molecule has 96 valence electrons. The van der Waals surface area contributed by atoms with Gasteiger partial charge in [0.15, 0.2) is 0 Å². The first-order chi connectivity index (χ1) is 8.77. The van der Waals surface area contributed by atoms with Crippen LogP contribution in [0.25, 0.3) is 0 Å². The van der Waals surface area contributed by atoms with Crippen LogP contribution in [-0.2, 0) is 11.2 Å². The van der Waals surface area contributed by atoms with Crippen LogP contribution in [0, 0.1) is 0 Å². The topological polar surface area (TPSA) is 54.0 Å². The first kappa shape index (κ1) is 14.0. The summed E-state index contributed by atoms with van der Waals surface area (Å²) >= 11 is 0. The minimum Gasteiger partial charge on any atom is -0.384 e. The van der Waals surface area contributed by atoms with Crippen LogP contribution in [0.15, 0.2) is 48.3 Å². The monoisotopic (exact) mass is 245 g/mol. The van der Waals surface area contributed by atoms with Gasteiger partial charge in [-0.05, 0) is 25.1 Å². The SMILES string of the molecule is C/C=C\C=C(/NC)C(=O)NCCc1ccccn1. The minimum atomic E-state index is -0.105. The normalized spacial score (nSPS) is 11.6. The standard InChI is InChI=1S/C14H19N3O/c1-3-4-8-13(15-2)14(18)17-11-9-12-7-5-6-10-16-12/h3-8,10,15H,9,11H2,1-2H3,(H,17,18)/b4-3-,13-8-. The Hall–Kier alpha value is -2.10. The van der Waals surface area contributed by atoms with E-state index in [1.54, 1.807) is 19.3 Å². The molecule has 1 aromatic heterocycles. The van der Waals surface area contributed by atoms with E-state index >= 15 is 0 Å². The highest BCUT2D eigenvalue weighted by Gasteiger charge is 2.05. The zero-order valence-corrected chi connectivity index (χ0v) is 10.8. The van der Waals surface area contributed by atoms with Gasteiger partial charge in [0.1, 0.15) is 0 Å². The molecule has 0 bridgehead atoms. The zero-order valence-electron chi connectivity index (χ0n) is 10.8. The Kier molecular flexibility index (Phi) is 6.25. The van der Waals surface area contributed by atoms with Gasteiger partial charge in [0.05, 0.1) is 5.70 Å². The van der Waals surface area contributed by atoms with Gasteiger partial charge in [0, 0.05) is 31.9 Å². The van der Waals surface area contributed by atoms with Gasteiger partial charge in [-0.2, -0.15) is 0 Å². The number of likely N-dealkylation sites (N-methyl/N-ethyl adjacent to an activating group) is 1. The van der Waals surface area contributed by atoms with Crippen LogP contribution in [0.1, 0.15) is 12.6 Å². The Balaban J connectivity index is 2.41. The number of amides is 1. The Labute approximate surface area is 108 Å². The molecule has 0 saturated carbocycles. The molecule has 18 heavy (non-hydrogen) atoms. The quantitative estimate of drug-likeness (QED) is 0.588. The third-order valence-corrected chi connectivity index (χ3v) is 2.36. The minimum absolute atomic E-state index is 0.105. The summed E-state index contributed by atoms with van der Waals surface area (Å²) in [7, 11) is 1.73. The summed E-state index contributed by atoms with van der Waals surface area (Å²) in [6.07, 6.45) is 7.92. The lowest BCUT2D eigenvalue weighted by Crippen LogP contribution is -2.31. The number of nitrogens with zero attached hydrogens (tertiary/aromatic N) is 1. The molecule has 0 aliphatic heterocycles. The van der Waals surface area contributed by atoms with E-state index in [0.717, 1.165) is 12.1 Å². The highest BCUT2D eigenvalue weighted by Crippen LogP contribution is 1.94. The molecule has 0 aliphatic rings. The van der Waals surface area contributed by atoms with Gasteiger partial charge in [0.25, 0.3) is 5.91 Å². The van der Waals surface area contributed by atoms with Gasteiger partial charge in [-0.15, -0.1) is 0 Å². The number of pyridine rings is 1. The van der Waals surface area contributed by atoms with Crippen molar-refractivity contribution in [2.45, 2.75) is 13.3 Å². The lowest BCUT2D eigenvalue weighted by molar-refractivity contribution is -0.117. The van der Waals surface area contributed by atoms with Crippen molar-refractivity contribution in [3.05, 3.63) is 54.0 Å². The summed E-state index contributed by atoms with van der Waals surface area (Å²) < 4.78 is 0. The Morgan fingerprint density at radius 1 is 1.44 bits per heavy atom. The Bertz CT molecular complexity index is 424. The average molecular weight is 245 g/mol. The van der Waals surface area contributed by atoms with Gasteiger partial charge >= 0.3 is 0 Å². The van der Waals surface area contributed by atoms with Crippen LogP contribution < -0.4 is 10.6 Å². The fourth-order valence-corrected chi connectivity index (χ4v) is 1.41. The number of hydrogen-bond donors (Lipinski definition) is 2. The maximum atomic E-state index is 11.8. The second-order valence-corrected chi connectivity index (χ2v) is 3.68. The fraction of sp³-hybridized carbons (Fsp3) is 0.286. The fourth-order valence-electron chi connectivity index (χ4n) is 1.41. The summed E-state index contributed by atoms with van der Waals surface area (Å²) in [5.41, 5.74) is 1.52. The zero-order chi connectivity index (χ0) is 13.2. The number of nitrogens with one attached hydrogen (secondary N) is 2. The van der Waals surface area contributed by atoms with Crippen molar-refractivity contribution in [1.29, 1.82) is 0 Å². The van der Waals surface area contributed by atoms with Crippen molar-refractivity contribution in [3.8, 4) is 0 Å². The summed E-state index contributed by atoms with van der Waals surface area (Å²) in [5.74, 6) is -0.105. The van der Waals surface area contributed by atoms with E-state index in [0.29, 0.717) is 12.2 Å².